The minimum absolute atomic E-state index is 0.0594. The van der Waals surface area contributed by atoms with Crippen LogP contribution in [0.3, 0.4) is 0 Å². The van der Waals surface area contributed by atoms with Gasteiger partial charge in [-0.2, -0.15) is 0 Å². The number of hydrogen-bond acceptors (Lipinski definition) is 3. The van der Waals surface area contributed by atoms with Crippen molar-refractivity contribution in [2.24, 2.45) is 0 Å². The van der Waals surface area contributed by atoms with Crippen LogP contribution in [0.5, 0.6) is 0 Å². The smallest absolute Gasteiger partial charge is 0.251 e. The monoisotopic (exact) mass is 271 g/mol. The van der Waals surface area contributed by atoms with E-state index in [4.69, 9.17) is 5.73 Å². The molecule has 0 aliphatic rings. The van der Waals surface area contributed by atoms with E-state index in [1.165, 1.54) is 0 Å². The summed E-state index contributed by atoms with van der Waals surface area (Å²) in [6, 6.07) is 1.57. The van der Waals surface area contributed by atoms with Crippen molar-refractivity contribution in [1.82, 2.24) is 10.6 Å². The molecule has 7 heteroatoms. The number of amides is 2. The quantitative estimate of drug-likeness (QED) is 0.708. The lowest BCUT2D eigenvalue weighted by atomic mass is 10.1. The first-order chi connectivity index (χ1) is 8.81. The Morgan fingerprint density at radius 3 is 2.26 bits per heavy atom. The van der Waals surface area contributed by atoms with Crippen molar-refractivity contribution in [2.75, 3.05) is 12.3 Å². The molecule has 0 spiro atoms. The van der Waals surface area contributed by atoms with Crippen molar-refractivity contribution < 1.29 is 18.4 Å². The Bertz CT molecular complexity index is 481. The molecule has 1 rings (SSSR count). The summed E-state index contributed by atoms with van der Waals surface area (Å²) in [7, 11) is 0. The number of anilines is 1. The van der Waals surface area contributed by atoms with Crippen molar-refractivity contribution in [3.05, 3.63) is 29.3 Å². The highest BCUT2D eigenvalue weighted by atomic mass is 19.1. The molecule has 1 aromatic rings. The van der Waals surface area contributed by atoms with Gasteiger partial charge in [0.05, 0.1) is 6.54 Å². The van der Waals surface area contributed by atoms with Gasteiger partial charge in [-0.25, -0.2) is 8.78 Å². The second-order valence-corrected chi connectivity index (χ2v) is 4.26. The Balaban J connectivity index is 2.67. The first-order valence-electron chi connectivity index (χ1n) is 5.63. The lowest BCUT2D eigenvalue weighted by Crippen LogP contribution is -2.39. The third-order valence-electron chi connectivity index (χ3n) is 2.20. The molecule has 0 saturated carbocycles. The van der Waals surface area contributed by atoms with Gasteiger partial charge >= 0.3 is 0 Å². The van der Waals surface area contributed by atoms with E-state index >= 15 is 0 Å². The molecule has 0 bridgehead atoms. The summed E-state index contributed by atoms with van der Waals surface area (Å²) in [6.07, 6.45) is 0. The molecule has 0 heterocycles. The Hall–Kier alpha value is -2.18. The van der Waals surface area contributed by atoms with Crippen LogP contribution in [0.25, 0.3) is 0 Å². The zero-order valence-corrected chi connectivity index (χ0v) is 10.6. The molecular formula is C12H15F2N3O2. The number of nitrogen functional groups attached to an aromatic ring is 1. The largest absolute Gasteiger partial charge is 0.394 e. The van der Waals surface area contributed by atoms with Crippen LogP contribution >= 0.6 is 0 Å². The lowest BCUT2D eigenvalue weighted by Gasteiger charge is -2.09. The Morgan fingerprint density at radius 1 is 1.26 bits per heavy atom. The van der Waals surface area contributed by atoms with E-state index in [0.29, 0.717) is 0 Å². The summed E-state index contributed by atoms with van der Waals surface area (Å²) < 4.78 is 26.3. The maximum atomic E-state index is 13.1. The minimum atomic E-state index is -1.02. The van der Waals surface area contributed by atoms with E-state index in [-0.39, 0.29) is 24.1 Å². The molecule has 0 unspecified atom stereocenters. The first-order valence-corrected chi connectivity index (χ1v) is 5.63. The number of rotatable bonds is 4. The summed E-state index contributed by atoms with van der Waals surface area (Å²) in [6.45, 7) is 3.26. The number of carbonyl (C=O) groups excluding carboxylic acids is 2. The molecule has 0 saturated heterocycles. The number of carbonyl (C=O) groups is 2. The topological polar surface area (TPSA) is 84.2 Å². The number of nitrogens with two attached hydrogens (primary N) is 1. The van der Waals surface area contributed by atoms with E-state index in [2.05, 4.69) is 10.6 Å². The van der Waals surface area contributed by atoms with Crippen LogP contribution < -0.4 is 16.4 Å². The van der Waals surface area contributed by atoms with Crippen LogP contribution in [0.4, 0.5) is 14.5 Å². The lowest BCUT2D eigenvalue weighted by molar-refractivity contribution is -0.120. The van der Waals surface area contributed by atoms with E-state index in [0.717, 1.165) is 12.1 Å². The number of nitrogens with one attached hydrogen (secondary N) is 2. The maximum Gasteiger partial charge on any atom is 0.251 e. The van der Waals surface area contributed by atoms with Crippen molar-refractivity contribution in [3.8, 4) is 0 Å². The molecule has 19 heavy (non-hydrogen) atoms. The van der Waals surface area contributed by atoms with Crippen LogP contribution in [0, 0.1) is 11.6 Å². The third-order valence-corrected chi connectivity index (χ3v) is 2.20. The predicted octanol–water partition coefficient (Wildman–Crippen LogP) is 0.801. The van der Waals surface area contributed by atoms with Gasteiger partial charge in [-0.15, -0.1) is 0 Å². The molecule has 0 aliphatic carbocycles. The highest BCUT2D eigenvalue weighted by molar-refractivity contribution is 5.96. The van der Waals surface area contributed by atoms with Crippen molar-refractivity contribution in [1.29, 1.82) is 0 Å². The third kappa shape index (κ3) is 4.20. The van der Waals surface area contributed by atoms with Gasteiger partial charge in [0.25, 0.3) is 5.91 Å². The fraction of sp³-hybridized carbons (Fsp3) is 0.333. The van der Waals surface area contributed by atoms with Gasteiger partial charge in [0.15, 0.2) is 0 Å². The second kappa shape index (κ2) is 6.12. The number of halogens is 2. The zero-order valence-electron chi connectivity index (χ0n) is 10.6. The number of hydrogen-bond donors (Lipinski definition) is 3. The fourth-order valence-electron chi connectivity index (χ4n) is 1.35. The summed E-state index contributed by atoms with van der Waals surface area (Å²) in [4.78, 5) is 22.9. The summed E-state index contributed by atoms with van der Waals surface area (Å²) in [5, 5.41) is 4.81. The van der Waals surface area contributed by atoms with E-state index < -0.39 is 23.2 Å². The van der Waals surface area contributed by atoms with E-state index in [1.807, 2.05) is 0 Å². The summed E-state index contributed by atoms with van der Waals surface area (Å²) >= 11 is 0. The van der Waals surface area contributed by atoms with Crippen molar-refractivity contribution in [3.63, 3.8) is 0 Å². The SMILES string of the molecule is CC(C)NC(=O)CNC(=O)c1cc(F)c(N)c(F)c1. The van der Waals surface area contributed by atoms with E-state index in [9.17, 15) is 18.4 Å². The number of benzene rings is 1. The molecule has 2 amide bonds. The Labute approximate surface area is 109 Å². The van der Waals surface area contributed by atoms with Gasteiger partial charge < -0.3 is 16.4 Å². The molecule has 0 aliphatic heterocycles. The average Bonchev–Trinajstić information content (AvgIpc) is 2.31. The van der Waals surface area contributed by atoms with Crippen molar-refractivity contribution >= 4 is 17.5 Å². The first kappa shape index (κ1) is 14.9. The maximum absolute atomic E-state index is 13.1. The van der Waals surface area contributed by atoms with E-state index in [1.54, 1.807) is 13.8 Å². The average molecular weight is 271 g/mol. The van der Waals surface area contributed by atoms with Gasteiger partial charge in [-0.1, -0.05) is 0 Å². The molecule has 104 valence electrons. The molecule has 1 aromatic carbocycles. The van der Waals surface area contributed by atoms with Gasteiger partial charge in [-0.3, -0.25) is 9.59 Å². The molecule has 0 atom stereocenters. The zero-order chi connectivity index (χ0) is 14.6. The van der Waals surface area contributed by atoms with Crippen LogP contribution in [-0.2, 0) is 4.79 Å². The van der Waals surface area contributed by atoms with Crippen molar-refractivity contribution in [2.45, 2.75) is 19.9 Å². The highest BCUT2D eigenvalue weighted by Gasteiger charge is 2.14. The van der Waals surface area contributed by atoms with Gasteiger partial charge in [0, 0.05) is 11.6 Å². The Morgan fingerprint density at radius 2 is 1.79 bits per heavy atom. The summed E-state index contributed by atoms with van der Waals surface area (Å²) in [5.41, 5.74) is 4.20. The molecule has 4 N–H and O–H groups in total. The van der Waals surface area contributed by atoms with Crippen LogP contribution in [0.1, 0.15) is 24.2 Å². The minimum Gasteiger partial charge on any atom is -0.394 e. The predicted molar refractivity (Wildman–Crippen MR) is 66.4 cm³/mol. The fourth-order valence-corrected chi connectivity index (χ4v) is 1.35. The molecule has 0 radical (unpaired) electrons. The van der Waals surface area contributed by atoms with Gasteiger partial charge in [0.2, 0.25) is 5.91 Å². The normalized spacial score (nSPS) is 10.4. The molecule has 5 nitrogen and oxygen atoms in total. The Kier molecular flexibility index (Phi) is 4.80. The van der Waals surface area contributed by atoms with Crippen LogP contribution in [-0.4, -0.2) is 24.4 Å². The molecule has 0 fully saturated rings. The van der Waals surface area contributed by atoms with Gasteiger partial charge in [0.1, 0.15) is 17.3 Å². The standard InChI is InChI=1S/C12H15F2N3O2/c1-6(2)17-10(18)5-16-12(19)7-3-8(13)11(15)9(14)4-7/h3-4,6H,5,15H2,1-2H3,(H,16,19)(H,17,18). The molecular weight excluding hydrogens is 256 g/mol. The van der Waals surface area contributed by atoms with Crippen LogP contribution in [0.2, 0.25) is 0 Å². The highest BCUT2D eigenvalue weighted by Crippen LogP contribution is 2.16. The summed E-state index contributed by atoms with van der Waals surface area (Å²) in [5.74, 6) is -3.18. The van der Waals surface area contributed by atoms with Crippen LogP contribution in [0.15, 0.2) is 12.1 Å². The molecule has 0 aromatic heterocycles. The second-order valence-electron chi connectivity index (χ2n) is 4.26. The van der Waals surface area contributed by atoms with Gasteiger partial charge in [-0.05, 0) is 26.0 Å².